The smallest absolute Gasteiger partial charge is 0.346 e. The van der Waals surface area contributed by atoms with Crippen LogP contribution in [0.1, 0.15) is 15.2 Å². The Bertz CT molecular complexity index is 568. The average Bonchev–Trinajstić information content (AvgIpc) is 2.71. The first-order chi connectivity index (χ1) is 8.06. The lowest BCUT2D eigenvalue weighted by Crippen LogP contribution is -1.92. The fourth-order valence-corrected chi connectivity index (χ4v) is 2.32. The van der Waals surface area contributed by atoms with Gasteiger partial charge in [0.2, 0.25) is 5.88 Å². The van der Waals surface area contributed by atoms with E-state index in [1.807, 2.05) is 13.0 Å². The summed E-state index contributed by atoms with van der Waals surface area (Å²) in [5, 5.41) is 10.4. The normalized spacial score (nSPS) is 10.2. The summed E-state index contributed by atoms with van der Waals surface area (Å²) in [6.45, 7) is 1.87. The molecule has 88 valence electrons. The Kier molecular flexibility index (Phi) is 3.44. The first-order valence-electron chi connectivity index (χ1n) is 4.68. The number of thiophene rings is 1. The molecular weight excluding hydrogens is 306 g/mol. The molecule has 0 unspecified atom stereocenters. The van der Waals surface area contributed by atoms with Crippen LogP contribution in [0, 0.1) is 6.92 Å². The summed E-state index contributed by atoms with van der Waals surface area (Å²) in [5.74, 6) is 0.0126. The number of nitrogens with zero attached hydrogens (tertiary/aromatic N) is 1. The monoisotopic (exact) mass is 313 g/mol. The van der Waals surface area contributed by atoms with Crippen LogP contribution >= 0.6 is 27.3 Å². The van der Waals surface area contributed by atoms with Gasteiger partial charge >= 0.3 is 5.97 Å². The number of halogens is 1. The number of ether oxygens (including phenoxy) is 1. The van der Waals surface area contributed by atoms with Gasteiger partial charge in [-0.25, -0.2) is 9.78 Å². The molecule has 0 atom stereocenters. The number of hydrogen-bond donors (Lipinski definition) is 1. The van der Waals surface area contributed by atoms with Crippen molar-refractivity contribution in [1.82, 2.24) is 4.98 Å². The predicted octanol–water partition coefficient (Wildman–Crippen LogP) is 3.70. The van der Waals surface area contributed by atoms with E-state index in [1.54, 1.807) is 11.6 Å². The summed E-state index contributed by atoms with van der Waals surface area (Å²) in [7, 11) is 0. The van der Waals surface area contributed by atoms with E-state index in [0.29, 0.717) is 11.6 Å². The standard InChI is InChI=1S/C11H8BrNO3S/c1-6-2-7(12)4-13-10(6)16-8-3-9(11(14)15)17-5-8/h2-5H,1H3,(H,14,15). The summed E-state index contributed by atoms with van der Waals surface area (Å²) in [6.07, 6.45) is 1.63. The number of aromatic carboxylic acids is 1. The van der Waals surface area contributed by atoms with Gasteiger partial charge in [-0.1, -0.05) is 0 Å². The highest BCUT2D eigenvalue weighted by atomic mass is 79.9. The van der Waals surface area contributed by atoms with Crippen molar-refractivity contribution in [2.24, 2.45) is 0 Å². The second kappa shape index (κ2) is 4.85. The maximum atomic E-state index is 10.7. The zero-order valence-electron chi connectivity index (χ0n) is 8.81. The largest absolute Gasteiger partial charge is 0.477 e. The van der Waals surface area contributed by atoms with Crippen LogP contribution in [0.25, 0.3) is 0 Å². The summed E-state index contributed by atoms with van der Waals surface area (Å²) in [5.41, 5.74) is 0.877. The van der Waals surface area contributed by atoms with Crippen molar-refractivity contribution in [2.45, 2.75) is 6.92 Å². The molecule has 2 rings (SSSR count). The Balaban J connectivity index is 2.22. The van der Waals surface area contributed by atoms with Gasteiger partial charge in [-0.3, -0.25) is 0 Å². The third kappa shape index (κ3) is 2.83. The van der Waals surface area contributed by atoms with Crippen molar-refractivity contribution in [3.63, 3.8) is 0 Å². The number of carboxylic acids is 1. The number of aromatic nitrogens is 1. The molecule has 0 amide bonds. The van der Waals surface area contributed by atoms with Gasteiger partial charge in [0.25, 0.3) is 0 Å². The zero-order valence-corrected chi connectivity index (χ0v) is 11.2. The maximum Gasteiger partial charge on any atom is 0.346 e. The highest BCUT2D eigenvalue weighted by molar-refractivity contribution is 9.10. The Labute approximate surface area is 110 Å². The van der Waals surface area contributed by atoms with Crippen LogP contribution in [0.2, 0.25) is 0 Å². The summed E-state index contributed by atoms with van der Waals surface area (Å²) in [6, 6.07) is 3.36. The molecule has 2 aromatic heterocycles. The van der Waals surface area contributed by atoms with Crippen LogP contribution in [0.3, 0.4) is 0 Å². The molecule has 0 aliphatic rings. The van der Waals surface area contributed by atoms with Crippen molar-refractivity contribution < 1.29 is 14.6 Å². The molecule has 0 spiro atoms. The quantitative estimate of drug-likeness (QED) is 0.938. The average molecular weight is 314 g/mol. The lowest BCUT2D eigenvalue weighted by molar-refractivity contribution is 0.0702. The topological polar surface area (TPSA) is 59.4 Å². The highest BCUT2D eigenvalue weighted by Crippen LogP contribution is 2.28. The SMILES string of the molecule is Cc1cc(Br)cnc1Oc1csc(C(=O)O)c1. The van der Waals surface area contributed by atoms with E-state index in [4.69, 9.17) is 9.84 Å². The number of carboxylic acid groups (broad SMARTS) is 1. The van der Waals surface area contributed by atoms with Crippen LogP contribution in [0.4, 0.5) is 0 Å². The van der Waals surface area contributed by atoms with E-state index in [9.17, 15) is 4.79 Å². The van der Waals surface area contributed by atoms with Gasteiger partial charge in [-0.2, -0.15) is 0 Å². The third-order valence-electron chi connectivity index (χ3n) is 2.00. The second-order valence-electron chi connectivity index (χ2n) is 3.33. The van der Waals surface area contributed by atoms with Crippen molar-refractivity contribution in [1.29, 1.82) is 0 Å². The van der Waals surface area contributed by atoms with E-state index in [-0.39, 0.29) is 4.88 Å². The Morgan fingerprint density at radius 2 is 2.29 bits per heavy atom. The van der Waals surface area contributed by atoms with E-state index in [0.717, 1.165) is 21.4 Å². The fourth-order valence-electron chi connectivity index (χ4n) is 1.23. The van der Waals surface area contributed by atoms with Gasteiger partial charge in [0.05, 0.1) is 0 Å². The lowest BCUT2D eigenvalue weighted by Gasteiger charge is -2.05. The van der Waals surface area contributed by atoms with Gasteiger partial charge in [0.1, 0.15) is 10.6 Å². The fraction of sp³-hybridized carbons (Fsp3) is 0.0909. The number of aryl methyl sites for hydroxylation is 1. The molecule has 0 aliphatic carbocycles. The first-order valence-corrected chi connectivity index (χ1v) is 6.35. The summed E-state index contributed by atoms with van der Waals surface area (Å²) >= 11 is 4.44. The molecule has 0 saturated heterocycles. The minimum absolute atomic E-state index is 0.245. The molecule has 0 aliphatic heterocycles. The predicted molar refractivity (Wildman–Crippen MR) is 68.0 cm³/mol. The molecule has 2 heterocycles. The third-order valence-corrected chi connectivity index (χ3v) is 3.33. The second-order valence-corrected chi connectivity index (χ2v) is 5.16. The van der Waals surface area contributed by atoms with Gasteiger partial charge in [0, 0.05) is 27.7 Å². The Morgan fingerprint density at radius 3 is 2.88 bits per heavy atom. The van der Waals surface area contributed by atoms with E-state index in [2.05, 4.69) is 20.9 Å². The molecule has 1 N–H and O–H groups in total. The molecular formula is C11H8BrNO3S. The number of pyridine rings is 1. The molecule has 4 nitrogen and oxygen atoms in total. The molecule has 2 aromatic rings. The van der Waals surface area contributed by atoms with Gasteiger partial charge < -0.3 is 9.84 Å². The summed E-state index contributed by atoms with van der Waals surface area (Å²) < 4.78 is 6.38. The van der Waals surface area contributed by atoms with Crippen LogP contribution in [0.15, 0.2) is 28.2 Å². The molecule has 6 heteroatoms. The summed E-state index contributed by atoms with van der Waals surface area (Å²) in [4.78, 5) is 15.1. The van der Waals surface area contributed by atoms with Crippen molar-refractivity contribution in [3.05, 3.63) is 38.6 Å². The number of rotatable bonds is 3. The van der Waals surface area contributed by atoms with Crippen molar-refractivity contribution in [3.8, 4) is 11.6 Å². The van der Waals surface area contributed by atoms with Crippen LogP contribution in [0.5, 0.6) is 11.6 Å². The molecule has 0 bridgehead atoms. The van der Waals surface area contributed by atoms with Crippen molar-refractivity contribution >= 4 is 33.2 Å². The van der Waals surface area contributed by atoms with Crippen molar-refractivity contribution in [2.75, 3.05) is 0 Å². The van der Waals surface area contributed by atoms with E-state index >= 15 is 0 Å². The molecule has 0 fully saturated rings. The molecule has 0 saturated carbocycles. The van der Waals surface area contributed by atoms with Gasteiger partial charge in [-0.05, 0) is 28.9 Å². The first kappa shape index (κ1) is 12.1. The van der Waals surface area contributed by atoms with Crippen LogP contribution in [-0.4, -0.2) is 16.1 Å². The Morgan fingerprint density at radius 1 is 1.53 bits per heavy atom. The Hall–Kier alpha value is -1.40. The van der Waals surface area contributed by atoms with Gasteiger partial charge in [-0.15, -0.1) is 11.3 Å². The minimum Gasteiger partial charge on any atom is -0.477 e. The van der Waals surface area contributed by atoms with Crippen LogP contribution < -0.4 is 4.74 Å². The lowest BCUT2D eigenvalue weighted by atomic mass is 10.3. The van der Waals surface area contributed by atoms with E-state index in [1.165, 1.54) is 6.07 Å². The minimum atomic E-state index is -0.953. The number of hydrogen-bond acceptors (Lipinski definition) is 4. The molecule has 0 aromatic carbocycles. The number of carbonyl (C=O) groups is 1. The van der Waals surface area contributed by atoms with E-state index < -0.39 is 5.97 Å². The zero-order chi connectivity index (χ0) is 12.4. The molecule has 17 heavy (non-hydrogen) atoms. The maximum absolute atomic E-state index is 10.7. The highest BCUT2D eigenvalue weighted by Gasteiger charge is 2.10. The van der Waals surface area contributed by atoms with Crippen LogP contribution in [-0.2, 0) is 0 Å². The van der Waals surface area contributed by atoms with Gasteiger partial charge in [0.15, 0.2) is 0 Å². The molecule has 0 radical (unpaired) electrons.